The maximum atomic E-state index is 12.3. The Labute approximate surface area is 107 Å². The van der Waals surface area contributed by atoms with Gasteiger partial charge in [0.2, 0.25) is 5.91 Å². The van der Waals surface area contributed by atoms with Gasteiger partial charge in [-0.2, -0.15) is 0 Å². The lowest BCUT2D eigenvalue weighted by molar-refractivity contribution is -0.124. The molecule has 1 aliphatic carbocycles. The predicted octanol–water partition coefficient (Wildman–Crippen LogP) is 1.61. The van der Waals surface area contributed by atoms with Crippen molar-refractivity contribution in [3.63, 3.8) is 0 Å². The van der Waals surface area contributed by atoms with Crippen LogP contribution in [-0.4, -0.2) is 26.6 Å². The fourth-order valence-electron chi connectivity index (χ4n) is 2.49. The summed E-state index contributed by atoms with van der Waals surface area (Å²) in [6.45, 7) is 0.286. The number of nitrogens with zero attached hydrogens (tertiary/aromatic N) is 1. The molecule has 1 heterocycles. The summed E-state index contributed by atoms with van der Waals surface area (Å²) in [5.41, 5.74) is 0.556. The number of carbonyl (C=O) groups excluding carboxylic acids is 1. The van der Waals surface area contributed by atoms with E-state index in [-0.39, 0.29) is 24.1 Å². The van der Waals surface area contributed by atoms with Gasteiger partial charge in [0.05, 0.1) is 16.3 Å². The van der Waals surface area contributed by atoms with Crippen LogP contribution in [0.2, 0.25) is 0 Å². The van der Waals surface area contributed by atoms with Crippen LogP contribution in [-0.2, 0) is 14.6 Å². The maximum absolute atomic E-state index is 12.3. The average Bonchev–Trinajstić information content (AvgIpc) is 2.27. The van der Waals surface area contributed by atoms with Crippen molar-refractivity contribution in [3.05, 3.63) is 24.3 Å². The van der Waals surface area contributed by atoms with Crippen molar-refractivity contribution in [1.29, 1.82) is 0 Å². The summed E-state index contributed by atoms with van der Waals surface area (Å²) in [5.74, 6) is 0.213. The van der Waals surface area contributed by atoms with Crippen molar-refractivity contribution in [2.75, 3.05) is 17.2 Å². The third-order valence-corrected chi connectivity index (χ3v) is 5.53. The van der Waals surface area contributed by atoms with Crippen molar-refractivity contribution in [1.82, 2.24) is 0 Å². The standard InChI is InChI=1S/C13H15NO3S/c15-13(10-4-3-5-10)14-8-9-18(16,17)12-7-2-1-6-11(12)14/h1-2,6-7,10H,3-5,8-9H2. The zero-order valence-corrected chi connectivity index (χ0v) is 10.8. The molecule has 4 nitrogen and oxygen atoms in total. The van der Waals surface area contributed by atoms with E-state index < -0.39 is 9.84 Å². The summed E-state index contributed by atoms with van der Waals surface area (Å²) in [7, 11) is -3.22. The van der Waals surface area contributed by atoms with Gasteiger partial charge in [0.15, 0.2) is 9.84 Å². The first kappa shape index (κ1) is 11.7. The Bertz CT molecular complexity index is 590. The van der Waals surface area contributed by atoms with Gasteiger partial charge < -0.3 is 4.90 Å². The summed E-state index contributed by atoms with van der Waals surface area (Å²) < 4.78 is 23.9. The van der Waals surface area contributed by atoms with E-state index in [0.29, 0.717) is 10.6 Å². The number of carbonyl (C=O) groups is 1. The monoisotopic (exact) mass is 265 g/mol. The van der Waals surface area contributed by atoms with Crippen LogP contribution < -0.4 is 4.90 Å². The first-order valence-corrected chi connectivity index (χ1v) is 7.88. The van der Waals surface area contributed by atoms with E-state index in [1.807, 2.05) is 0 Å². The molecule has 0 atom stereocenters. The zero-order valence-electron chi connectivity index (χ0n) is 10.0. The second-order valence-corrected chi connectivity index (χ2v) is 6.98. The Morgan fingerprint density at radius 1 is 1.22 bits per heavy atom. The van der Waals surface area contributed by atoms with Gasteiger partial charge in [0, 0.05) is 12.5 Å². The Balaban J connectivity index is 2.01. The summed E-state index contributed by atoms with van der Waals surface area (Å²) in [5, 5.41) is 0. The van der Waals surface area contributed by atoms with Crippen molar-refractivity contribution in [2.24, 2.45) is 5.92 Å². The molecule has 18 heavy (non-hydrogen) atoms. The van der Waals surface area contributed by atoms with Crippen LogP contribution >= 0.6 is 0 Å². The lowest BCUT2D eigenvalue weighted by Gasteiger charge is -2.34. The molecule has 1 aliphatic heterocycles. The van der Waals surface area contributed by atoms with E-state index in [4.69, 9.17) is 0 Å². The number of hydrogen-bond donors (Lipinski definition) is 0. The largest absolute Gasteiger partial charge is 0.310 e. The molecule has 96 valence electrons. The van der Waals surface area contributed by atoms with Crippen LogP contribution in [0, 0.1) is 5.92 Å². The molecular formula is C13H15NO3S. The Morgan fingerprint density at radius 3 is 2.61 bits per heavy atom. The highest BCUT2D eigenvalue weighted by Gasteiger charge is 2.36. The normalized spacial score (nSPS) is 22.1. The third-order valence-electron chi connectivity index (χ3n) is 3.80. The van der Waals surface area contributed by atoms with Crippen molar-refractivity contribution < 1.29 is 13.2 Å². The Hall–Kier alpha value is -1.36. The zero-order chi connectivity index (χ0) is 12.8. The van der Waals surface area contributed by atoms with Crippen molar-refractivity contribution in [3.8, 4) is 0 Å². The first-order valence-electron chi connectivity index (χ1n) is 6.23. The van der Waals surface area contributed by atoms with Gasteiger partial charge in [-0.3, -0.25) is 4.79 Å². The van der Waals surface area contributed by atoms with Crippen LogP contribution in [0.25, 0.3) is 0 Å². The topological polar surface area (TPSA) is 54.5 Å². The molecule has 0 bridgehead atoms. The van der Waals surface area contributed by atoms with Crippen LogP contribution in [0.5, 0.6) is 0 Å². The molecule has 1 fully saturated rings. The number of amides is 1. The smallest absolute Gasteiger partial charge is 0.230 e. The van der Waals surface area contributed by atoms with Crippen LogP contribution in [0.4, 0.5) is 5.69 Å². The molecule has 1 saturated carbocycles. The SMILES string of the molecule is O=C(C1CCC1)N1CCS(=O)(=O)c2ccccc21. The molecule has 0 saturated heterocycles. The first-order chi connectivity index (χ1) is 8.59. The summed E-state index contributed by atoms with van der Waals surface area (Å²) in [4.78, 5) is 14.2. The van der Waals surface area contributed by atoms with Crippen LogP contribution in [0.3, 0.4) is 0 Å². The Kier molecular flexibility index (Phi) is 2.66. The molecular weight excluding hydrogens is 250 g/mol. The number of para-hydroxylation sites is 1. The van der Waals surface area contributed by atoms with Gasteiger partial charge in [0.25, 0.3) is 0 Å². The molecule has 0 unspecified atom stereocenters. The molecule has 1 amide bonds. The highest BCUT2D eigenvalue weighted by atomic mass is 32.2. The molecule has 0 radical (unpaired) electrons. The number of hydrogen-bond acceptors (Lipinski definition) is 3. The lowest BCUT2D eigenvalue weighted by Crippen LogP contribution is -2.44. The van der Waals surface area contributed by atoms with Gasteiger partial charge in [-0.15, -0.1) is 0 Å². The van der Waals surface area contributed by atoms with Crippen molar-refractivity contribution in [2.45, 2.75) is 24.2 Å². The van der Waals surface area contributed by atoms with Crippen LogP contribution in [0.15, 0.2) is 29.2 Å². The molecule has 0 spiro atoms. The van der Waals surface area contributed by atoms with E-state index in [1.165, 1.54) is 0 Å². The molecule has 0 aromatic heterocycles. The van der Waals surface area contributed by atoms with Crippen molar-refractivity contribution >= 4 is 21.4 Å². The highest BCUT2D eigenvalue weighted by Crippen LogP contribution is 2.35. The van der Waals surface area contributed by atoms with E-state index in [0.717, 1.165) is 19.3 Å². The number of fused-ring (bicyclic) bond motifs is 1. The Morgan fingerprint density at radius 2 is 1.94 bits per heavy atom. The molecule has 0 N–H and O–H groups in total. The van der Waals surface area contributed by atoms with E-state index >= 15 is 0 Å². The van der Waals surface area contributed by atoms with E-state index in [1.54, 1.807) is 29.2 Å². The minimum absolute atomic E-state index is 0.0302. The molecule has 2 aliphatic rings. The van der Waals surface area contributed by atoms with Gasteiger partial charge in [0.1, 0.15) is 0 Å². The molecule has 1 aromatic carbocycles. The summed E-state index contributed by atoms with van der Waals surface area (Å²) in [6, 6.07) is 6.79. The number of rotatable bonds is 1. The van der Waals surface area contributed by atoms with Gasteiger partial charge in [-0.25, -0.2) is 8.42 Å². The predicted molar refractivity (Wildman–Crippen MR) is 68.2 cm³/mol. The maximum Gasteiger partial charge on any atom is 0.230 e. The highest BCUT2D eigenvalue weighted by molar-refractivity contribution is 7.91. The fourth-order valence-corrected chi connectivity index (χ4v) is 3.92. The van der Waals surface area contributed by atoms with Crippen LogP contribution in [0.1, 0.15) is 19.3 Å². The average molecular weight is 265 g/mol. The second kappa shape index (κ2) is 4.09. The summed E-state index contributed by atoms with van der Waals surface area (Å²) in [6.07, 6.45) is 2.97. The molecule has 5 heteroatoms. The van der Waals surface area contributed by atoms with Gasteiger partial charge >= 0.3 is 0 Å². The number of benzene rings is 1. The van der Waals surface area contributed by atoms with E-state index in [2.05, 4.69) is 0 Å². The van der Waals surface area contributed by atoms with E-state index in [9.17, 15) is 13.2 Å². The third kappa shape index (κ3) is 1.73. The lowest BCUT2D eigenvalue weighted by atomic mass is 9.84. The van der Waals surface area contributed by atoms with Gasteiger partial charge in [-0.1, -0.05) is 18.6 Å². The number of sulfone groups is 1. The van der Waals surface area contributed by atoms with Gasteiger partial charge in [-0.05, 0) is 25.0 Å². The summed E-state index contributed by atoms with van der Waals surface area (Å²) >= 11 is 0. The number of anilines is 1. The fraction of sp³-hybridized carbons (Fsp3) is 0.462. The minimum Gasteiger partial charge on any atom is -0.310 e. The molecule has 3 rings (SSSR count). The second-order valence-electron chi connectivity index (χ2n) is 4.90. The minimum atomic E-state index is -3.22. The quantitative estimate of drug-likeness (QED) is 0.775. The molecule has 1 aromatic rings.